The van der Waals surface area contributed by atoms with Gasteiger partial charge in [0.1, 0.15) is 5.84 Å². The fourth-order valence-electron chi connectivity index (χ4n) is 3.01. The molecule has 0 aliphatic carbocycles. The van der Waals surface area contributed by atoms with Crippen molar-refractivity contribution in [1.82, 2.24) is 4.90 Å². The fourth-order valence-corrected chi connectivity index (χ4v) is 3.13. The second-order valence-corrected chi connectivity index (χ2v) is 7.03. The lowest BCUT2D eigenvalue weighted by atomic mass is 9.84. The molecule has 0 aromatic heterocycles. The number of rotatable bonds is 3. The molecule has 2 rings (SSSR count). The van der Waals surface area contributed by atoms with Crippen molar-refractivity contribution >= 4 is 29.0 Å². The van der Waals surface area contributed by atoms with E-state index in [1.807, 2.05) is 62.3 Å². The van der Waals surface area contributed by atoms with Gasteiger partial charge in [-0.05, 0) is 47.4 Å². The van der Waals surface area contributed by atoms with Crippen LogP contribution in [0, 0.1) is 5.92 Å². The van der Waals surface area contributed by atoms with Crippen molar-refractivity contribution in [3.63, 3.8) is 0 Å². The van der Waals surface area contributed by atoms with Crippen LogP contribution in [0.15, 0.2) is 58.6 Å². The lowest BCUT2D eigenvalue weighted by Crippen LogP contribution is -2.20. The maximum Gasteiger partial charge on any atom is 0.307 e. The third kappa shape index (κ3) is 5.09. The number of allylic oxidation sites excluding steroid dienone is 3. The lowest BCUT2D eigenvalue weighted by Gasteiger charge is -2.21. The largest absolute Gasteiger partial charge is 0.481 e. The first-order valence-electron chi connectivity index (χ1n) is 8.57. The van der Waals surface area contributed by atoms with Gasteiger partial charge in [-0.15, -0.1) is 0 Å². The van der Waals surface area contributed by atoms with Gasteiger partial charge in [-0.3, -0.25) is 9.79 Å². The zero-order valence-corrected chi connectivity index (χ0v) is 16.4. The van der Waals surface area contributed by atoms with Crippen LogP contribution in [0.4, 0.5) is 0 Å². The van der Waals surface area contributed by atoms with Crippen molar-refractivity contribution in [2.75, 3.05) is 20.6 Å². The van der Waals surface area contributed by atoms with E-state index in [2.05, 4.69) is 18.0 Å². The molecule has 138 valence electrons. The summed E-state index contributed by atoms with van der Waals surface area (Å²) in [7, 11) is 3.92. The Balaban J connectivity index is 2.65. The summed E-state index contributed by atoms with van der Waals surface area (Å²) in [5.74, 6) is 0.0695. The summed E-state index contributed by atoms with van der Waals surface area (Å²) in [6.07, 6.45) is 6.03. The van der Waals surface area contributed by atoms with E-state index in [4.69, 9.17) is 11.6 Å². The average Bonchev–Trinajstić information content (AvgIpc) is 2.57. The molecule has 0 radical (unpaired) electrons. The van der Waals surface area contributed by atoms with Gasteiger partial charge in [0.05, 0.1) is 13.0 Å². The predicted octanol–water partition coefficient (Wildman–Crippen LogP) is 4.68. The van der Waals surface area contributed by atoms with Crippen LogP contribution in [-0.2, 0) is 4.79 Å². The Kier molecular flexibility index (Phi) is 6.81. The highest BCUT2D eigenvalue weighted by Gasteiger charge is 2.19. The topological polar surface area (TPSA) is 52.9 Å². The molecule has 1 aromatic rings. The molecule has 1 atom stereocenters. The molecule has 1 unspecified atom stereocenters. The number of halogens is 1. The normalized spacial score (nSPS) is 19.5. The molecule has 1 aliphatic rings. The third-order valence-corrected chi connectivity index (χ3v) is 4.63. The van der Waals surface area contributed by atoms with Crippen molar-refractivity contribution in [3.05, 3.63) is 64.2 Å². The number of carboxylic acids is 1. The van der Waals surface area contributed by atoms with Crippen LogP contribution < -0.4 is 0 Å². The number of amidine groups is 1. The predicted molar refractivity (Wildman–Crippen MR) is 109 cm³/mol. The van der Waals surface area contributed by atoms with Crippen molar-refractivity contribution in [2.45, 2.75) is 20.3 Å². The first-order chi connectivity index (χ1) is 12.3. The van der Waals surface area contributed by atoms with Crippen LogP contribution in [-0.4, -0.2) is 42.5 Å². The molecule has 1 aliphatic heterocycles. The molecule has 26 heavy (non-hydrogen) atoms. The van der Waals surface area contributed by atoms with Crippen molar-refractivity contribution in [3.8, 4) is 0 Å². The molecule has 0 bridgehead atoms. The summed E-state index contributed by atoms with van der Waals surface area (Å²) in [5.41, 5.74) is 3.77. The van der Waals surface area contributed by atoms with Crippen molar-refractivity contribution < 1.29 is 9.90 Å². The van der Waals surface area contributed by atoms with E-state index in [0.29, 0.717) is 11.6 Å². The number of benzene rings is 1. The van der Waals surface area contributed by atoms with Crippen molar-refractivity contribution in [1.29, 1.82) is 0 Å². The minimum Gasteiger partial charge on any atom is -0.481 e. The van der Waals surface area contributed by atoms with E-state index in [1.165, 1.54) is 0 Å². The van der Waals surface area contributed by atoms with Gasteiger partial charge < -0.3 is 10.0 Å². The molecular weight excluding hydrogens is 348 g/mol. The summed E-state index contributed by atoms with van der Waals surface area (Å²) in [6, 6.07) is 7.57. The Hall–Kier alpha value is -2.33. The third-order valence-electron chi connectivity index (χ3n) is 4.38. The Morgan fingerprint density at radius 2 is 1.96 bits per heavy atom. The van der Waals surface area contributed by atoms with Crippen LogP contribution >= 0.6 is 11.6 Å². The van der Waals surface area contributed by atoms with E-state index in [1.54, 1.807) is 0 Å². The summed E-state index contributed by atoms with van der Waals surface area (Å²) in [5, 5.41) is 10.1. The standard InChI is InChI=1S/C21H25ClN2O2/c1-14-11-12-23-19(24(3)4)10-5-15(2)21(18(14)13-20(25)26)16-6-8-17(22)9-7-16/h5-11,15H,12-13H2,1-4H3,(H,25,26)/b10-5-,14-11?,21-18?,23-19?. The van der Waals surface area contributed by atoms with E-state index >= 15 is 0 Å². The van der Waals surface area contributed by atoms with Gasteiger partial charge >= 0.3 is 5.97 Å². The monoisotopic (exact) mass is 372 g/mol. The van der Waals surface area contributed by atoms with Gasteiger partial charge in [0.25, 0.3) is 0 Å². The van der Waals surface area contributed by atoms with Crippen LogP contribution in [0.2, 0.25) is 5.02 Å². The SMILES string of the molecule is CC1=CCN=C(N(C)C)/C=C\C(C)C(c2ccc(Cl)cc2)=C1CC(=O)O. The molecular formula is C21H25ClN2O2. The zero-order chi connectivity index (χ0) is 19.3. The Morgan fingerprint density at radius 1 is 1.31 bits per heavy atom. The highest BCUT2D eigenvalue weighted by molar-refractivity contribution is 6.30. The number of hydrogen-bond donors (Lipinski definition) is 1. The average molecular weight is 373 g/mol. The number of aliphatic carboxylic acids is 1. The molecule has 5 heteroatoms. The zero-order valence-electron chi connectivity index (χ0n) is 15.7. The number of carboxylic acid groups (broad SMARTS) is 1. The minimum absolute atomic E-state index is 0.0251. The number of nitrogens with zero attached hydrogens (tertiary/aromatic N) is 2. The van der Waals surface area contributed by atoms with Crippen LogP contribution in [0.5, 0.6) is 0 Å². The maximum absolute atomic E-state index is 11.5. The molecule has 1 N–H and O–H groups in total. The Bertz CT molecular complexity index is 787. The molecule has 0 saturated carbocycles. The van der Waals surface area contributed by atoms with Crippen LogP contribution in [0.1, 0.15) is 25.8 Å². The molecule has 1 heterocycles. The maximum atomic E-state index is 11.5. The lowest BCUT2D eigenvalue weighted by molar-refractivity contribution is -0.136. The molecule has 0 fully saturated rings. The second-order valence-electron chi connectivity index (χ2n) is 6.60. The van der Waals surface area contributed by atoms with Crippen LogP contribution in [0.3, 0.4) is 0 Å². The van der Waals surface area contributed by atoms with Gasteiger partial charge in [-0.2, -0.15) is 0 Å². The van der Waals surface area contributed by atoms with Gasteiger partial charge in [-0.1, -0.05) is 42.8 Å². The van der Waals surface area contributed by atoms with Gasteiger partial charge in [0.15, 0.2) is 0 Å². The second kappa shape index (κ2) is 8.86. The summed E-state index contributed by atoms with van der Waals surface area (Å²) < 4.78 is 0. The number of aliphatic imine (C=N–C) groups is 1. The summed E-state index contributed by atoms with van der Waals surface area (Å²) in [4.78, 5) is 18.1. The van der Waals surface area contributed by atoms with E-state index in [0.717, 1.165) is 28.1 Å². The first kappa shape index (κ1) is 20.0. The van der Waals surface area contributed by atoms with E-state index in [9.17, 15) is 9.90 Å². The Morgan fingerprint density at radius 3 is 2.54 bits per heavy atom. The summed E-state index contributed by atoms with van der Waals surface area (Å²) in [6.45, 7) is 4.54. The molecule has 0 spiro atoms. The Labute approximate surface area is 160 Å². The van der Waals surface area contributed by atoms with Gasteiger partial charge in [0, 0.05) is 25.0 Å². The number of hydrogen-bond acceptors (Lipinski definition) is 3. The van der Waals surface area contributed by atoms with Crippen LogP contribution in [0.25, 0.3) is 5.57 Å². The minimum atomic E-state index is -0.843. The molecule has 4 nitrogen and oxygen atoms in total. The van der Waals surface area contributed by atoms with E-state index < -0.39 is 5.97 Å². The highest BCUT2D eigenvalue weighted by Crippen LogP contribution is 2.34. The van der Waals surface area contributed by atoms with E-state index in [-0.39, 0.29) is 12.3 Å². The fraction of sp³-hybridized carbons (Fsp3) is 0.333. The van der Waals surface area contributed by atoms with Gasteiger partial charge in [-0.25, -0.2) is 0 Å². The summed E-state index contributed by atoms with van der Waals surface area (Å²) >= 11 is 6.04. The van der Waals surface area contributed by atoms with Gasteiger partial charge in [0.2, 0.25) is 0 Å². The molecule has 0 amide bonds. The molecule has 0 saturated heterocycles. The highest BCUT2D eigenvalue weighted by atomic mass is 35.5. The quantitative estimate of drug-likeness (QED) is 0.838. The molecule has 1 aromatic carbocycles. The number of likely N-dealkylation sites (N-methyl/N-ethyl adjacent to an activating group) is 1. The number of carbonyl (C=O) groups is 1. The smallest absolute Gasteiger partial charge is 0.307 e. The van der Waals surface area contributed by atoms with Crippen molar-refractivity contribution in [2.24, 2.45) is 10.9 Å². The first-order valence-corrected chi connectivity index (χ1v) is 8.95.